The molecular weight excluding hydrogens is 388 g/mol. The van der Waals surface area contributed by atoms with E-state index in [2.05, 4.69) is 20.8 Å². The lowest BCUT2D eigenvalue weighted by molar-refractivity contribution is 0.437. The average Bonchev–Trinajstić information content (AvgIpc) is 3.00. The SMILES string of the molecule is N#Cc1cccnc1N1CCCN(S(=O)(=O)Nc2ccc3ccccc3n2)CC1. The fourth-order valence-electron chi connectivity index (χ4n) is 3.40. The zero-order valence-corrected chi connectivity index (χ0v) is 16.5. The van der Waals surface area contributed by atoms with Gasteiger partial charge in [0.2, 0.25) is 0 Å². The average molecular weight is 408 g/mol. The topological polar surface area (TPSA) is 102 Å². The molecule has 1 saturated heterocycles. The van der Waals surface area contributed by atoms with Crippen molar-refractivity contribution in [2.45, 2.75) is 6.42 Å². The lowest BCUT2D eigenvalue weighted by Gasteiger charge is -2.23. The van der Waals surface area contributed by atoms with Crippen LogP contribution in [-0.2, 0) is 10.2 Å². The van der Waals surface area contributed by atoms with Crippen molar-refractivity contribution < 1.29 is 8.42 Å². The van der Waals surface area contributed by atoms with E-state index in [1.807, 2.05) is 35.2 Å². The molecule has 0 unspecified atom stereocenters. The Morgan fingerprint density at radius 1 is 1.00 bits per heavy atom. The van der Waals surface area contributed by atoms with Gasteiger partial charge in [-0.25, -0.2) is 9.97 Å². The van der Waals surface area contributed by atoms with Gasteiger partial charge in [0.05, 0.1) is 11.1 Å². The van der Waals surface area contributed by atoms with Gasteiger partial charge in [0, 0.05) is 37.8 Å². The molecule has 148 valence electrons. The fourth-order valence-corrected chi connectivity index (χ4v) is 4.60. The minimum Gasteiger partial charge on any atom is -0.354 e. The molecule has 0 radical (unpaired) electrons. The number of para-hydroxylation sites is 1. The number of nitriles is 1. The van der Waals surface area contributed by atoms with Gasteiger partial charge in [0.15, 0.2) is 0 Å². The second kappa shape index (κ2) is 8.03. The van der Waals surface area contributed by atoms with Crippen LogP contribution < -0.4 is 9.62 Å². The van der Waals surface area contributed by atoms with Crippen LogP contribution in [0.25, 0.3) is 10.9 Å². The van der Waals surface area contributed by atoms with Gasteiger partial charge in [-0.05, 0) is 36.8 Å². The summed E-state index contributed by atoms with van der Waals surface area (Å²) in [6.07, 6.45) is 2.27. The maximum atomic E-state index is 12.9. The minimum absolute atomic E-state index is 0.293. The van der Waals surface area contributed by atoms with Crippen molar-refractivity contribution in [1.82, 2.24) is 14.3 Å². The van der Waals surface area contributed by atoms with Crippen molar-refractivity contribution in [3.8, 4) is 6.07 Å². The first kappa shape index (κ1) is 19.1. The number of aromatic nitrogens is 2. The van der Waals surface area contributed by atoms with Crippen molar-refractivity contribution in [1.29, 1.82) is 5.26 Å². The summed E-state index contributed by atoms with van der Waals surface area (Å²) in [6, 6.07) is 16.6. The maximum Gasteiger partial charge on any atom is 0.302 e. The Labute approximate surface area is 169 Å². The highest BCUT2D eigenvalue weighted by molar-refractivity contribution is 7.90. The standard InChI is InChI=1S/C20H20N6O2S/c21-15-17-6-3-10-22-20(17)25-11-4-12-26(14-13-25)29(27,28)24-19-9-8-16-5-1-2-7-18(16)23-19/h1-3,5-10H,4,11-14H2,(H,23,24). The van der Waals surface area contributed by atoms with Gasteiger partial charge in [-0.3, -0.25) is 4.72 Å². The molecule has 1 aliphatic rings. The van der Waals surface area contributed by atoms with Gasteiger partial charge in [0.25, 0.3) is 0 Å². The van der Waals surface area contributed by atoms with Crippen LogP contribution in [0, 0.1) is 11.3 Å². The molecule has 1 N–H and O–H groups in total. The molecule has 2 aromatic heterocycles. The predicted octanol–water partition coefficient (Wildman–Crippen LogP) is 2.37. The summed E-state index contributed by atoms with van der Waals surface area (Å²) >= 11 is 0. The van der Waals surface area contributed by atoms with Crippen LogP contribution in [0.15, 0.2) is 54.7 Å². The van der Waals surface area contributed by atoms with Crippen molar-refractivity contribution in [3.63, 3.8) is 0 Å². The Morgan fingerprint density at radius 2 is 1.86 bits per heavy atom. The number of benzene rings is 1. The third kappa shape index (κ3) is 4.13. The van der Waals surface area contributed by atoms with Crippen molar-refractivity contribution in [3.05, 3.63) is 60.3 Å². The molecule has 4 rings (SSSR count). The van der Waals surface area contributed by atoms with Crippen LogP contribution in [-0.4, -0.2) is 48.9 Å². The molecular formula is C20H20N6O2S. The van der Waals surface area contributed by atoms with Gasteiger partial charge in [-0.15, -0.1) is 0 Å². The lowest BCUT2D eigenvalue weighted by atomic mass is 10.2. The molecule has 9 heteroatoms. The Morgan fingerprint density at radius 3 is 2.72 bits per heavy atom. The largest absolute Gasteiger partial charge is 0.354 e. The van der Waals surface area contributed by atoms with Crippen LogP contribution in [0.4, 0.5) is 11.6 Å². The lowest BCUT2D eigenvalue weighted by Crippen LogP contribution is -2.39. The molecule has 0 aliphatic carbocycles. The molecule has 0 atom stereocenters. The molecule has 29 heavy (non-hydrogen) atoms. The number of fused-ring (bicyclic) bond motifs is 1. The normalized spacial score (nSPS) is 15.6. The van der Waals surface area contributed by atoms with E-state index in [-0.39, 0.29) is 0 Å². The van der Waals surface area contributed by atoms with E-state index >= 15 is 0 Å². The zero-order valence-electron chi connectivity index (χ0n) is 15.7. The summed E-state index contributed by atoms with van der Waals surface area (Å²) in [6.45, 7) is 1.77. The first-order valence-electron chi connectivity index (χ1n) is 9.30. The van der Waals surface area contributed by atoms with E-state index in [1.165, 1.54) is 4.31 Å². The Kier molecular flexibility index (Phi) is 5.29. The van der Waals surface area contributed by atoms with Gasteiger partial charge >= 0.3 is 10.2 Å². The van der Waals surface area contributed by atoms with Gasteiger partial charge < -0.3 is 4.90 Å². The van der Waals surface area contributed by atoms with E-state index in [9.17, 15) is 13.7 Å². The van der Waals surface area contributed by atoms with Crippen LogP contribution >= 0.6 is 0 Å². The van der Waals surface area contributed by atoms with Crippen LogP contribution in [0.1, 0.15) is 12.0 Å². The van der Waals surface area contributed by atoms with Gasteiger partial charge in [0.1, 0.15) is 17.7 Å². The Balaban J connectivity index is 1.49. The smallest absolute Gasteiger partial charge is 0.302 e. The first-order valence-corrected chi connectivity index (χ1v) is 10.7. The number of nitrogens with one attached hydrogen (secondary N) is 1. The summed E-state index contributed by atoms with van der Waals surface area (Å²) in [5.41, 5.74) is 1.22. The summed E-state index contributed by atoms with van der Waals surface area (Å²) in [7, 11) is -3.74. The van der Waals surface area contributed by atoms with E-state index < -0.39 is 10.2 Å². The van der Waals surface area contributed by atoms with E-state index in [0.29, 0.717) is 49.8 Å². The highest BCUT2D eigenvalue weighted by Gasteiger charge is 2.26. The van der Waals surface area contributed by atoms with Crippen LogP contribution in [0.5, 0.6) is 0 Å². The van der Waals surface area contributed by atoms with Crippen molar-refractivity contribution >= 4 is 32.7 Å². The molecule has 0 spiro atoms. The molecule has 0 amide bonds. The second-order valence-electron chi connectivity index (χ2n) is 6.72. The molecule has 1 aliphatic heterocycles. The molecule has 1 fully saturated rings. The maximum absolute atomic E-state index is 12.9. The highest BCUT2D eigenvalue weighted by Crippen LogP contribution is 2.20. The summed E-state index contributed by atoms with van der Waals surface area (Å²) in [4.78, 5) is 10.7. The number of pyridine rings is 2. The van der Waals surface area contributed by atoms with E-state index in [1.54, 1.807) is 24.4 Å². The number of hydrogen-bond donors (Lipinski definition) is 1. The van der Waals surface area contributed by atoms with Gasteiger partial charge in [-0.1, -0.05) is 18.2 Å². The van der Waals surface area contributed by atoms with Crippen LogP contribution in [0.3, 0.4) is 0 Å². The first-order chi connectivity index (χ1) is 14.1. The van der Waals surface area contributed by atoms with E-state index in [4.69, 9.17) is 0 Å². The van der Waals surface area contributed by atoms with Crippen LogP contribution in [0.2, 0.25) is 0 Å². The van der Waals surface area contributed by atoms with Gasteiger partial charge in [-0.2, -0.15) is 18.0 Å². The predicted molar refractivity (Wildman–Crippen MR) is 112 cm³/mol. The third-order valence-corrected chi connectivity index (χ3v) is 6.35. The van der Waals surface area contributed by atoms with E-state index in [0.717, 1.165) is 10.9 Å². The molecule has 3 aromatic rings. The summed E-state index contributed by atoms with van der Waals surface area (Å²) in [5, 5.41) is 10.2. The Hall–Kier alpha value is -3.22. The Bertz CT molecular complexity index is 1170. The monoisotopic (exact) mass is 408 g/mol. The second-order valence-corrected chi connectivity index (χ2v) is 8.39. The molecule has 1 aromatic carbocycles. The molecule has 0 bridgehead atoms. The summed E-state index contributed by atoms with van der Waals surface area (Å²) in [5.74, 6) is 0.889. The van der Waals surface area contributed by atoms with Crippen molar-refractivity contribution in [2.24, 2.45) is 0 Å². The molecule has 0 saturated carbocycles. The number of nitrogens with zero attached hydrogens (tertiary/aromatic N) is 5. The summed E-state index contributed by atoms with van der Waals surface area (Å²) < 4.78 is 29.8. The zero-order chi connectivity index (χ0) is 20.3. The number of anilines is 2. The molecule has 8 nitrogen and oxygen atoms in total. The van der Waals surface area contributed by atoms with Crippen molar-refractivity contribution in [2.75, 3.05) is 35.8 Å². The quantitative estimate of drug-likeness (QED) is 0.711. The number of rotatable bonds is 4. The fraction of sp³-hybridized carbons (Fsp3) is 0.250. The molecule has 3 heterocycles. The minimum atomic E-state index is -3.74. The highest BCUT2D eigenvalue weighted by atomic mass is 32.2. The third-order valence-electron chi connectivity index (χ3n) is 4.83. The number of hydrogen-bond acceptors (Lipinski definition) is 6.